The Hall–Kier alpha value is -2.84. The third-order valence-electron chi connectivity index (χ3n) is 8.86. The number of rotatable bonds is 7. The Labute approximate surface area is 285 Å². The van der Waals surface area contributed by atoms with Crippen LogP contribution in [0.15, 0.2) is 30.3 Å². The molecule has 0 radical (unpaired) electrons. The molecule has 5 rings (SSSR count). The number of anilines is 2. The SMILES string of the molecule is Cc1cc(C)c2c(c1)[C@@H](N(Cc1cc(C(F)(F)F)cc(C(F)(F)F)c1)c1nnn(C)n1)CCCN2C[C@H]1CC[C@H](C(=O)O)CC1.[NaH]. The molecule has 1 atom stereocenters. The number of halogens is 6. The van der Waals surface area contributed by atoms with Gasteiger partial charge in [0.1, 0.15) is 0 Å². The molecule has 15 heteroatoms. The van der Waals surface area contributed by atoms with E-state index >= 15 is 0 Å². The van der Waals surface area contributed by atoms with Crippen LogP contribution in [0.3, 0.4) is 0 Å². The summed E-state index contributed by atoms with van der Waals surface area (Å²) in [5.74, 6) is -0.690. The van der Waals surface area contributed by atoms with Crippen molar-refractivity contribution < 1.29 is 36.2 Å². The zero-order chi connectivity index (χ0) is 32.7. The number of aryl methyl sites for hydroxylation is 3. The number of hydrogen-bond donors (Lipinski definition) is 1. The predicted octanol–water partition coefficient (Wildman–Crippen LogP) is 6.46. The van der Waals surface area contributed by atoms with Crippen molar-refractivity contribution in [3.63, 3.8) is 0 Å². The molecule has 2 heterocycles. The van der Waals surface area contributed by atoms with Crippen molar-refractivity contribution in [3.05, 3.63) is 63.7 Å². The molecule has 3 aromatic rings. The van der Waals surface area contributed by atoms with Gasteiger partial charge >= 0.3 is 47.9 Å². The number of carboxylic acid groups (broad SMARTS) is 1. The third-order valence-corrected chi connectivity index (χ3v) is 8.86. The van der Waals surface area contributed by atoms with Crippen LogP contribution >= 0.6 is 0 Å². The normalized spacial score (nSPS) is 20.5. The van der Waals surface area contributed by atoms with Crippen molar-refractivity contribution in [2.24, 2.45) is 18.9 Å². The van der Waals surface area contributed by atoms with E-state index in [1.54, 1.807) is 4.90 Å². The molecule has 1 fully saturated rings. The summed E-state index contributed by atoms with van der Waals surface area (Å²) in [5, 5.41) is 21.8. The van der Waals surface area contributed by atoms with Crippen LogP contribution in [0.1, 0.15) is 77.9 Å². The van der Waals surface area contributed by atoms with Crippen molar-refractivity contribution in [3.8, 4) is 0 Å². The molecule has 2 aromatic carbocycles. The van der Waals surface area contributed by atoms with Gasteiger partial charge in [0.05, 0.1) is 30.1 Å². The van der Waals surface area contributed by atoms with Crippen LogP contribution in [-0.4, -0.2) is 73.9 Å². The fourth-order valence-electron chi connectivity index (χ4n) is 6.85. The number of nitrogens with zero attached hydrogens (tertiary/aromatic N) is 6. The van der Waals surface area contributed by atoms with Gasteiger partial charge in [-0.1, -0.05) is 22.8 Å². The second-order valence-corrected chi connectivity index (χ2v) is 12.3. The zero-order valence-corrected chi connectivity index (χ0v) is 25.3. The standard InChI is InChI=1S/C31H36F6N6O2.Na.H/c1-18-11-19(2)27-25(12-18)26(5-4-10-42(27)16-20-6-8-22(9-7-20)28(44)45)43(29-38-40-41(3)39-29)17-21-13-23(30(32,33)34)15-24(14-21)31(35,36)37;;/h11-15,20,22,26H,4-10,16-17H2,1-3H3,(H,44,45);;/t20-,22-,26-;;/m0../s1. The fraction of sp³-hybridized carbons (Fsp3) is 0.548. The monoisotopic (exact) mass is 662 g/mol. The average Bonchev–Trinajstić information content (AvgIpc) is 3.30. The van der Waals surface area contributed by atoms with Gasteiger partial charge in [-0.05, 0) is 98.4 Å². The van der Waals surface area contributed by atoms with Crippen LogP contribution in [0, 0.1) is 25.7 Å². The average molecular weight is 663 g/mol. The van der Waals surface area contributed by atoms with E-state index in [0.717, 1.165) is 53.9 Å². The maximum absolute atomic E-state index is 13.7. The van der Waals surface area contributed by atoms with E-state index in [0.29, 0.717) is 38.1 Å². The van der Waals surface area contributed by atoms with Gasteiger partial charge in [-0.25, -0.2) is 0 Å². The van der Waals surface area contributed by atoms with Gasteiger partial charge in [-0.3, -0.25) is 4.79 Å². The molecular formula is C31H37F6N6NaO2. The molecule has 8 nitrogen and oxygen atoms in total. The van der Waals surface area contributed by atoms with Crippen molar-refractivity contribution in [2.45, 2.75) is 77.3 Å². The molecule has 1 aromatic heterocycles. The summed E-state index contributed by atoms with van der Waals surface area (Å²) >= 11 is 0. The van der Waals surface area contributed by atoms with E-state index in [4.69, 9.17) is 0 Å². The molecule has 0 spiro atoms. The zero-order valence-electron chi connectivity index (χ0n) is 25.3. The summed E-state index contributed by atoms with van der Waals surface area (Å²) in [6.45, 7) is 5.04. The summed E-state index contributed by atoms with van der Waals surface area (Å²) in [7, 11) is 1.54. The van der Waals surface area contributed by atoms with Crippen molar-refractivity contribution in [2.75, 3.05) is 22.9 Å². The summed E-state index contributed by atoms with van der Waals surface area (Å²) in [6.07, 6.45) is -5.87. The van der Waals surface area contributed by atoms with Crippen molar-refractivity contribution >= 4 is 47.2 Å². The Morgan fingerprint density at radius 3 is 2.13 bits per heavy atom. The summed E-state index contributed by atoms with van der Waals surface area (Å²) in [6, 6.07) is 5.23. The van der Waals surface area contributed by atoms with Gasteiger partial charge in [0, 0.05) is 25.3 Å². The second-order valence-electron chi connectivity index (χ2n) is 12.3. The van der Waals surface area contributed by atoms with E-state index in [1.807, 2.05) is 19.9 Å². The van der Waals surface area contributed by atoms with Gasteiger partial charge in [-0.2, -0.15) is 31.1 Å². The molecular weight excluding hydrogens is 625 g/mol. The number of benzene rings is 2. The first-order chi connectivity index (χ1) is 21.1. The molecule has 0 amide bonds. The van der Waals surface area contributed by atoms with Gasteiger partial charge in [-0.15, -0.1) is 5.10 Å². The first kappa shape index (κ1) is 36.0. The van der Waals surface area contributed by atoms with Crippen LogP contribution in [0.2, 0.25) is 0 Å². The number of aromatic nitrogens is 4. The quantitative estimate of drug-likeness (QED) is 0.230. The van der Waals surface area contributed by atoms with Crippen LogP contribution < -0.4 is 9.80 Å². The number of aliphatic carboxylic acids is 1. The van der Waals surface area contributed by atoms with Crippen LogP contribution in [0.5, 0.6) is 0 Å². The van der Waals surface area contributed by atoms with Gasteiger partial charge in [0.25, 0.3) is 5.95 Å². The van der Waals surface area contributed by atoms with Gasteiger partial charge in [0.2, 0.25) is 0 Å². The third kappa shape index (κ3) is 8.17. The molecule has 1 aliphatic carbocycles. The summed E-state index contributed by atoms with van der Waals surface area (Å²) in [4.78, 5) is 16.6. The molecule has 0 bridgehead atoms. The van der Waals surface area contributed by atoms with E-state index in [2.05, 4.69) is 26.4 Å². The Kier molecular flexibility index (Phi) is 11.0. The van der Waals surface area contributed by atoms with Crippen molar-refractivity contribution in [1.82, 2.24) is 20.2 Å². The molecule has 246 valence electrons. The van der Waals surface area contributed by atoms with Crippen molar-refractivity contribution in [1.29, 1.82) is 0 Å². The van der Waals surface area contributed by atoms with E-state index in [1.165, 1.54) is 11.8 Å². The topological polar surface area (TPSA) is 87.4 Å². The number of fused-ring (bicyclic) bond motifs is 1. The summed E-state index contributed by atoms with van der Waals surface area (Å²) < 4.78 is 82.4. The Morgan fingerprint density at radius 1 is 0.957 bits per heavy atom. The van der Waals surface area contributed by atoms with E-state index in [9.17, 15) is 36.2 Å². The Morgan fingerprint density at radius 2 is 1.59 bits per heavy atom. The maximum atomic E-state index is 13.7. The van der Waals surface area contributed by atoms with Gasteiger partial charge in [0.15, 0.2) is 0 Å². The number of hydrogen-bond acceptors (Lipinski definition) is 6. The molecule has 1 aliphatic heterocycles. The number of tetrazole rings is 1. The van der Waals surface area contributed by atoms with E-state index < -0.39 is 35.5 Å². The molecule has 2 aliphatic rings. The van der Waals surface area contributed by atoms with E-state index in [-0.39, 0.29) is 59.6 Å². The number of carboxylic acids is 1. The molecule has 1 N–H and O–H groups in total. The van der Waals surface area contributed by atoms with Crippen LogP contribution in [0.4, 0.5) is 38.0 Å². The number of alkyl halides is 6. The predicted molar refractivity (Wildman–Crippen MR) is 162 cm³/mol. The van der Waals surface area contributed by atoms with Gasteiger partial charge < -0.3 is 14.9 Å². The minimum absolute atomic E-state index is 0. The first-order valence-corrected chi connectivity index (χ1v) is 15.0. The van der Waals surface area contributed by atoms with Crippen LogP contribution in [-0.2, 0) is 30.7 Å². The molecule has 46 heavy (non-hydrogen) atoms. The minimum atomic E-state index is -4.97. The van der Waals surface area contributed by atoms with Crippen LogP contribution in [0.25, 0.3) is 0 Å². The second kappa shape index (κ2) is 14.1. The Bertz CT molecular complexity index is 1500. The summed E-state index contributed by atoms with van der Waals surface area (Å²) in [5.41, 5.74) is 0.892. The Balaban J connectivity index is 0.00000480. The molecule has 0 saturated heterocycles. The molecule has 1 saturated carbocycles. The molecule has 0 unspecified atom stereocenters. The fourth-order valence-corrected chi connectivity index (χ4v) is 6.85. The first-order valence-electron chi connectivity index (χ1n) is 15.0. The number of carbonyl (C=O) groups is 1.